The standard InChI is InChI=1S/C11H20O5/c1-8(2)9(3)10(15)16-7-11(4-12,5-13)6-14/h12-14H,4-7H2,1-3H3. The van der Waals surface area contributed by atoms with E-state index in [0.29, 0.717) is 5.57 Å². The highest BCUT2D eigenvalue weighted by molar-refractivity contribution is 5.88. The van der Waals surface area contributed by atoms with Gasteiger partial charge in [0.15, 0.2) is 0 Å². The van der Waals surface area contributed by atoms with Gasteiger partial charge in [-0.1, -0.05) is 5.57 Å². The van der Waals surface area contributed by atoms with Crippen molar-refractivity contribution < 1.29 is 24.9 Å². The Morgan fingerprint density at radius 1 is 1.06 bits per heavy atom. The van der Waals surface area contributed by atoms with E-state index in [-0.39, 0.29) is 6.61 Å². The van der Waals surface area contributed by atoms with Gasteiger partial charge in [-0.2, -0.15) is 0 Å². The van der Waals surface area contributed by atoms with Crippen molar-refractivity contribution >= 4 is 5.97 Å². The van der Waals surface area contributed by atoms with Crippen LogP contribution in [0.1, 0.15) is 20.8 Å². The van der Waals surface area contributed by atoms with Crippen LogP contribution in [0.2, 0.25) is 0 Å². The van der Waals surface area contributed by atoms with Crippen LogP contribution in [0, 0.1) is 5.41 Å². The highest BCUT2D eigenvalue weighted by Gasteiger charge is 2.30. The smallest absolute Gasteiger partial charge is 0.333 e. The monoisotopic (exact) mass is 232 g/mol. The van der Waals surface area contributed by atoms with Crippen molar-refractivity contribution in [1.29, 1.82) is 0 Å². The predicted molar refractivity (Wildman–Crippen MR) is 58.7 cm³/mol. The highest BCUT2D eigenvalue weighted by atomic mass is 16.5. The predicted octanol–water partition coefficient (Wildman–Crippen LogP) is -0.151. The van der Waals surface area contributed by atoms with E-state index in [4.69, 9.17) is 20.1 Å². The van der Waals surface area contributed by atoms with E-state index < -0.39 is 31.2 Å². The molecule has 0 fully saturated rings. The second kappa shape index (κ2) is 6.62. The maximum absolute atomic E-state index is 11.5. The molecule has 0 aromatic carbocycles. The average Bonchev–Trinajstić information content (AvgIpc) is 2.30. The summed E-state index contributed by atoms with van der Waals surface area (Å²) in [6, 6.07) is 0. The molecule has 5 heteroatoms. The quantitative estimate of drug-likeness (QED) is 0.438. The van der Waals surface area contributed by atoms with Crippen LogP contribution in [0.15, 0.2) is 11.1 Å². The molecule has 16 heavy (non-hydrogen) atoms. The van der Waals surface area contributed by atoms with Gasteiger partial charge in [0, 0.05) is 5.57 Å². The van der Waals surface area contributed by atoms with Gasteiger partial charge in [-0.15, -0.1) is 0 Å². The summed E-state index contributed by atoms with van der Waals surface area (Å²) in [5.74, 6) is -0.500. The molecule has 0 aromatic heterocycles. The third-order valence-corrected chi connectivity index (χ3v) is 2.57. The van der Waals surface area contributed by atoms with E-state index in [0.717, 1.165) is 5.57 Å². The Bertz CT molecular complexity index is 253. The maximum Gasteiger partial charge on any atom is 0.333 e. The molecular weight excluding hydrogens is 212 g/mol. The molecule has 0 unspecified atom stereocenters. The Kier molecular flexibility index (Phi) is 6.25. The van der Waals surface area contributed by atoms with Crippen LogP contribution < -0.4 is 0 Å². The lowest BCUT2D eigenvalue weighted by Gasteiger charge is -2.26. The minimum absolute atomic E-state index is 0.208. The van der Waals surface area contributed by atoms with Crippen molar-refractivity contribution in [1.82, 2.24) is 0 Å². The van der Waals surface area contributed by atoms with E-state index in [2.05, 4.69) is 0 Å². The van der Waals surface area contributed by atoms with Crippen molar-refractivity contribution in [2.75, 3.05) is 26.4 Å². The van der Waals surface area contributed by atoms with Gasteiger partial charge in [-0.25, -0.2) is 4.79 Å². The van der Waals surface area contributed by atoms with Crippen LogP contribution in [-0.2, 0) is 9.53 Å². The van der Waals surface area contributed by atoms with Crippen LogP contribution in [-0.4, -0.2) is 47.7 Å². The lowest BCUT2D eigenvalue weighted by atomic mass is 9.92. The third-order valence-electron chi connectivity index (χ3n) is 2.57. The summed E-state index contributed by atoms with van der Waals surface area (Å²) < 4.78 is 4.93. The summed E-state index contributed by atoms with van der Waals surface area (Å²) in [4.78, 5) is 11.5. The zero-order valence-corrected chi connectivity index (χ0v) is 9.99. The molecule has 5 nitrogen and oxygen atoms in total. The van der Waals surface area contributed by atoms with Crippen LogP contribution in [0.5, 0.6) is 0 Å². The maximum atomic E-state index is 11.5. The number of ether oxygens (including phenoxy) is 1. The number of aliphatic hydroxyl groups excluding tert-OH is 3. The largest absolute Gasteiger partial charge is 0.461 e. The number of aliphatic hydroxyl groups is 3. The molecule has 0 spiro atoms. The first-order valence-corrected chi connectivity index (χ1v) is 5.06. The van der Waals surface area contributed by atoms with Gasteiger partial charge in [0.1, 0.15) is 6.61 Å². The first-order valence-electron chi connectivity index (χ1n) is 5.06. The number of allylic oxidation sites excluding steroid dienone is 1. The lowest BCUT2D eigenvalue weighted by Crippen LogP contribution is -2.39. The normalized spacial score (nSPS) is 11.1. The summed E-state index contributed by atoms with van der Waals surface area (Å²) in [6.07, 6.45) is 0. The molecule has 0 aliphatic carbocycles. The van der Waals surface area contributed by atoms with Crippen molar-refractivity contribution in [2.24, 2.45) is 5.41 Å². The molecule has 0 amide bonds. The Labute approximate surface area is 95.4 Å². The Hall–Kier alpha value is -0.910. The summed E-state index contributed by atoms with van der Waals surface area (Å²) in [6.45, 7) is 3.67. The van der Waals surface area contributed by atoms with Crippen molar-refractivity contribution in [3.8, 4) is 0 Å². The van der Waals surface area contributed by atoms with Gasteiger partial charge in [0.2, 0.25) is 0 Å². The second-order valence-electron chi connectivity index (χ2n) is 4.18. The van der Waals surface area contributed by atoms with E-state index in [1.165, 1.54) is 0 Å². The molecule has 3 N–H and O–H groups in total. The first kappa shape index (κ1) is 15.1. The van der Waals surface area contributed by atoms with Gasteiger partial charge in [-0.3, -0.25) is 0 Å². The molecule has 94 valence electrons. The summed E-state index contributed by atoms with van der Waals surface area (Å²) in [5.41, 5.74) is 0.160. The molecule has 0 radical (unpaired) electrons. The summed E-state index contributed by atoms with van der Waals surface area (Å²) >= 11 is 0. The van der Waals surface area contributed by atoms with E-state index >= 15 is 0 Å². The van der Waals surface area contributed by atoms with E-state index in [9.17, 15) is 4.79 Å². The van der Waals surface area contributed by atoms with Gasteiger partial charge < -0.3 is 20.1 Å². The number of esters is 1. The molecule has 0 aliphatic heterocycles. The van der Waals surface area contributed by atoms with Crippen molar-refractivity contribution in [2.45, 2.75) is 20.8 Å². The number of carbonyl (C=O) groups excluding carboxylic acids is 1. The van der Waals surface area contributed by atoms with Gasteiger partial charge >= 0.3 is 5.97 Å². The minimum atomic E-state index is -1.17. The van der Waals surface area contributed by atoms with E-state index in [1.807, 2.05) is 0 Å². The summed E-state index contributed by atoms with van der Waals surface area (Å²) in [5, 5.41) is 27.0. The molecular formula is C11H20O5. The SMILES string of the molecule is CC(C)=C(C)C(=O)OCC(CO)(CO)CO. The van der Waals surface area contributed by atoms with Crippen LogP contribution >= 0.6 is 0 Å². The van der Waals surface area contributed by atoms with Crippen molar-refractivity contribution in [3.63, 3.8) is 0 Å². The molecule has 0 aromatic rings. The molecule has 0 saturated heterocycles. The number of hydrogen-bond donors (Lipinski definition) is 3. The molecule has 0 saturated carbocycles. The fourth-order valence-electron chi connectivity index (χ4n) is 0.818. The summed E-state index contributed by atoms with van der Waals surface area (Å²) in [7, 11) is 0. The third kappa shape index (κ3) is 3.92. The molecule has 0 atom stereocenters. The topological polar surface area (TPSA) is 87.0 Å². The molecule has 0 bridgehead atoms. The van der Waals surface area contributed by atoms with Gasteiger partial charge in [0.25, 0.3) is 0 Å². The van der Waals surface area contributed by atoms with Crippen molar-refractivity contribution in [3.05, 3.63) is 11.1 Å². The van der Waals surface area contributed by atoms with Crippen LogP contribution in [0.4, 0.5) is 0 Å². The fourth-order valence-corrected chi connectivity index (χ4v) is 0.818. The first-order chi connectivity index (χ1) is 7.42. The zero-order valence-electron chi connectivity index (χ0n) is 9.99. The van der Waals surface area contributed by atoms with Gasteiger partial charge in [0.05, 0.1) is 25.2 Å². The van der Waals surface area contributed by atoms with E-state index in [1.54, 1.807) is 20.8 Å². The number of rotatable bonds is 6. The number of hydrogen-bond acceptors (Lipinski definition) is 5. The number of carbonyl (C=O) groups is 1. The minimum Gasteiger partial charge on any atom is -0.461 e. The van der Waals surface area contributed by atoms with Crippen LogP contribution in [0.25, 0.3) is 0 Å². The molecule has 0 heterocycles. The van der Waals surface area contributed by atoms with Crippen LogP contribution in [0.3, 0.4) is 0 Å². The second-order valence-corrected chi connectivity index (χ2v) is 4.18. The average molecular weight is 232 g/mol. The Morgan fingerprint density at radius 3 is 1.81 bits per heavy atom. The highest BCUT2D eigenvalue weighted by Crippen LogP contribution is 2.16. The van der Waals surface area contributed by atoms with Gasteiger partial charge in [-0.05, 0) is 20.8 Å². The zero-order chi connectivity index (χ0) is 12.8. The Balaban J connectivity index is 4.44. The Morgan fingerprint density at radius 2 is 1.50 bits per heavy atom. The molecule has 0 rings (SSSR count). The fraction of sp³-hybridized carbons (Fsp3) is 0.727. The lowest BCUT2D eigenvalue weighted by molar-refractivity contribution is -0.146. The molecule has 0 aliphatic rings.